The number of benzene rings is 1. The van der Waals surface area contributed by atoms with Crippen molar-refractivity contribution in [2.24, 2.45) is 0 Å². The first-order valence-corrected chi connectivity index (χ1v) is 8.83. The van der Waals surface area contributed by atoms with Crippen molar-refractivity contribution in [3.05, 3.63) is 35.4 Å². The smallest absolute Gasteiger partial charge is 0.159 e. The van der Waals surface area contributed by atoms with Crippen LogP contribution in [0.3, 0.4) is 0 Å². The highest BCUT2D eigenvalue weighted by molar-refractivity contribution is 5.93. The average molecular weight is 370 g/mol. The van der Waals surface area contributed by atoms with Crippen LogP contribution >= 0.6 is 0 Å². The third kappa shape index (κ3) is 12.1. The summed E-state index contributed by atoms with van der Waals surface area (Å²) in [7, 11) is 0. The van der Waals surface area contributed by atoms with Crippen LogP contribution in [-0.2, 0) is 30.3 Å². The van der Waals surface area contributed by atoms with Gasteiger partial charge in [-0.25, -0.2) is 0 Å². The zero-order valence-corrected chi connectivity index (χ0v) is 15.5. The van der Waals surface area contributed by atoms with Crippen LogP contribution in [0.4, 0.5) is 0 Å². The third-order valence-electron chi connectivity index (χ3n) is 3.35. The maximum absolute atomic E-state index is 11.2. The van der Waals surface area contributed by atoms with Gasteiger partial charge in [0.15, 0.2) is 5.78 Å². The molecular weight excluding hydrogens is 340 g/mol. The Morgan fingerprint density at radius 2 is 1.15 bits per heavy atom. The van der Waals surface area contributed by atoms with Crippen LogP contribution in [-0.4, -0.2) is 77.0 Å². The zero-order valence-electron chi connectivity index (χ0n) is 15.5. The van der Waals surface area contributed by atoms with E-state index in [9.17, 15) is 4.79 Å². The van der Waals surface area contributed by atoms with E-state index in [1.54, 1.807) is 19.1 Å². The molecule has 0 amide bonds. The van der Waals surface area contributed by atoms with Crippen LogP contribution in [0.15, 0.2) is 24.3 Å². The summed E-state index contributed by atoms with van der Waals surface area (Å²) in [4.78, 5) is 11.2. The fraction of sp³-hybridized carbons (Fsp3) is 0.632. The third-order valence-corrected chi connectivity index (χ3v) is 3.35. The number of hydrogen-bond acceptors (Lipinski definition) is 7. The molecule has 0 atom stereocenters. The molecule has 0 saturated carbocycles. The number of carbonyl (C=O) groups is 1. The Morgan fingerprint density at radius 3 is 1.58 bits per heavy atom. The fourth-order valence-electron chi connectivity index (χ4n) is 1.97. The molecule has 1 aromatic rings. The standard InChI is InChI=1S/C19H30O7/c1-17(21)19-4-2-18(3-5-19)16-26-15-14-25-13-12-24-11-10-23-9-8-22-7-6-20/h2-5,20H,6-16H2,1H3. The molecule has 0 aliphatic rings. The summed E-state index contributed by atoms with van der Waals surface area (Å²) in [6, 6.07) is 7.40. The molecule has 1 aromatic carbocycles. The number of rotatable bonds is 17. The lowest BCUT2D eigenvalue weighted by Gasteiger charge is -2.08. The predicted octanol–water partition coefficient (Wildman–Crippen LogP) is 1.46. The lowest BCUT2D eigenvalue weighted by Crippen LogP contribution is -2.13. The van der Waals surface area contributed by atoms with Crippen molar-refractivity contribution in [2.45, 2.75) is 13.5 Å². The van der Waals surface area contributed by atoms with E-state index in [1.807, 2.05) is 12.1 Å². The Hall–Kier alpha value is -1.35. The molecule has 0 heterocycles. The first kappa shape index (κ1) is 22.7. The van der Waals surface area contributed by atoms with Crippen LogP contribution < -0.4 is 0 Å². The highest BCUT2D eigenvalue weighted by atomic mass is 16.6. The first-order valence-electron chi connectivity index (χ1n) is 8.83. The van der Waals surface area contributed by atoms with E-state index >= 15 is 0 Å². The molecule has 0 aliphatic carbocycles. The van der Waals surface area contributed by atoms with Gasteiger partial charge in [0.25, 0.3) is 0 Å². The zero-order chi connectivity index (χ0) is 18.9. The monoisotopic (exact) mass is 370 g/mol. The van der Waals surface area contributed by atoms with E-state index in [4.69, 9.17) is 28.8 Å². The maximum atomic E-state index is 11.2. The summed E-state index contributed by atoms with van der Waals surface area (Å²) in [5, 5.41) is 8.52. The van der Waals surface area contributed by atoms with E-state index in [0.717, 1.165) is 5.56 Å². The molecule has 0 aliphatic heterocycles. The molecule has 7 nitrogen and oxygen atoms in total. The van der Waals surface area contributed by atoms with Crippen molar-refractivity contribution in [3.63, 3.8) is 0 Å². The van der Waals surface area contributed by atoms with E-state index in [2.05, 4.69) is 0 Å². The van der Waals surface area contributed by atoms with Crippen molar-refractivity contribution in [3.8, 4) is 0 Å². The van der Waals surface area contributed by atoms with Crippen molar-refractivity contribution < 1.29 is 33.6 Å². The minimum absolute atomic E-state index is 0.0301. The second kappa shape index (κ2) is 15.9. The molecule has 148 valence electrons. The van der Waals surface area contributed by atoms with Gasteiger partial charge in [0.05, 0.1) is 72.7 Å². The number of ether oxygens (including phenoxy) is 5. The molecule has 0 radical (unpaired) electrons. The van der Waals surface area contributed by atoms with Gasteiger partial charge >= 0.3 is 0 Å². The Kier molecular flexibility index (Phi) is 13.8. The van der Waals surface area contributed by atoms with Gasteiger partial charge < -0.3 is 28.8 Å². The summed E-state index contributed by atoms with van der Waals surface area (Å²) in [5.41, 5.74) is 1.73. The van der Waals surface area contributed by atoms with E-state index in [1.165, 1.54) is 0 Å². The van der Waals surface area contributed by atoms with Crippen molar-refractivity contribution in [2.75, 3.05) is 66.1 Å². The Bertz CT molecular complexity index is 461. The van der Waals surface area contributed by atoms with Crippen LogP contribution in [0, 0.1) is 0 Å². The van der Waals surface area contributed by atoms with Crippen molar-refractivity contribution in [1.82, 2.24) is 0 Å². The van der Waals surface area contributed by atoms with Crippen LogP contribution in [0.25, 0.3) is 0 Å². The Balaban J connectivity index is 1.83. The SMILES string of the molecule is CC(=O)c1ccc(COCCOCCOCCOCCOCCO)cc1. The van der Waals surface area contributed by atoms with E-state index in [-0.39, 0.29) is 12.4 Å². The lowest BCUT2D eigenvalue weighted by atomic mass is 10.1. The topological polar surface area (TPSA) is 83.5 Å². The van der Waals surface area contributed by atoms with Crippen molar-refractivity contribution >= 4 is 5.78 Å². The molecule has 7 heteroatoms. The normalized spacial score (nSPS) is 11.0. The fourth-order valence-corrected chi connectivity index (χ4v) is 1.97. The highest BCUT2D eigenvalue weighted by Crippen LogP contribution is 2.06. The van der Waals surface area contributed by atoms with Gasteiger partial charge in [-0.05, 0) is 12.5 Å². The maximum Gasteiger partial charge on any atom is 0.159 e. The molecule has 0 spiro atoms. The second-order valence-electron chi connectivity index (χ2n) is 5.48. The van der Waals surface area contributed by atoms with E-state index < -0.39 is 0 Å². The number of aliphatic hydroxyl groups is 1. The summed E-state index contributed by atoms with van der Waals surface area (Å²) in [5.74, 6) is 0.0618. The minimum Gasteiger partial charge on any atom is -0.394 e. The second-order valence-corrected chi connectivity index (χ2v) is 5.48. The number of ketones is 1. The summed E-state index contributed by atoms with van der Waals surface area (Å²) < 4.78 is 26.7. The molecule has 0 fully saturated rings. The van der Waals surface area contributed by atoms with Crippen LogP contribution in [0.5, 0.6) is 0 Å². The van der Waals surface area contributed by atoms with Gasteiger partial charge in [0, 0.05) is 5.56 Å². The number of hydrogen-bond donors (Lipinski definition) is 1. The summed E-state index contributed by atoms with van der Waals surface area (Å²) >= 11 is 0. The first-order chi connectivity index (χ1) is 12.7. The van der Waals surface area contributed by atoms with Gasteiger partial charge in [-0.2, -0.15) is 0 Å². The Morgan fingerprint density at radius 1 is 0.731 bits per heavy atom. The number of carbonyl (C=O) groups excluding carboxylic acids is 1. The highest BCUT2D eigenvalue weighted by Gasteiger charge is 1.99. The van der Waals surface area contributed by atoms with Gasteiger partial charge in [0.2, 0.25) is 0 Å². The molecule has 1 rings (SSSR count). The minimum atomic E-state index is 0.0301. The average Bonchev–Trinajstić information content (AvgIpc) is 2.65. The largest absolute Gasteiger partial charge is 0.394 e. The predicted molar refractivity (Wildman–Crippen MR) is 96.5 cm³/mol. The molecule has 1 N–H and O–H groups in total. The molecule has 26 heavy (non-hydrogen) atoms. The van der Waals surface area contributed by atoms with Gasteiger partial charge in [-0.3, -0.25) is 4.79 Å². The molecule has 0 unspecified atom stereocenters. The number of Topliss-reactive ketones (excluding diaryl/α,β-unsaturated/α-hetero) is 1. The van der Waals surface area contributed by atoms with Crippen LogP contribution in [0.2, 0.25) is 0 Å². The molecule has 0 aromatic heterocycles. The summed E-state index contributed by atoms with van der Waals surface area (Å²) in [6.45, 7) is 6.44. The lowest BCUT2D eigenvalue weighted by molar-refractivity contribution is -0.0145. The molecular formula is C19H30O7. The van der Waals surface area contributed by atoms with Gasteiger partial charge in [0.1, 0.15) is 0 Å². The van der Waals surface area contributed by atoms with Crippen molar-refractivity contribution in [1.29, 1.82) is 0 Å². The quantitative estimate of drug-likeness (QED) is 0.328. The number of aliphatic hydroxyl groups excluding tert-OH is 1. The van der Waals surface area contributed by atoms with Crippen LogP contribution in [0.1, 0.15) is 22.8 Å². The molecule has 0 bridgehead atoms. The van der Waals surface area contributed by atoms with Gasteiger partial charge in [-0.15, -0.1) is 0 Å². The Labute approximate surface area is 155 Å². The van der Waals surface area contributed by atoms with Gasteiger partial charge in [-0.1, -0.05) is 24.3 Å². The van der Waals surface area contributed by atoms with E-state index in [0.29, 0.717) is 71.6 Å². The summed E-state index contributed by atoms with van der Waals surface area (Å²) in [6.07, 6.45) is 0. The molecule has 0 saturated heterocycles.